The van der Waals surface area contributed by atoms with E-state index in [1.54, 1.807) is 0 Å². The summed E-state index contributed by atoms with van der Waals surface area (Å²) >= 11 is 0. The zero-order valence-electron chi connectivity index (χ0n) is 50.7. The first-order valence-electron chi connectivity index (χ1n) is 31.6. The summed E-state index contributed by atoms with van der Waals surface area (Å²) in [6.07, 6.45) is 0. The van der Waals surface area contributed by atoms with Crippen LogP contribution in [0.15, 0.2) is 315 Å². The van der Waals surface area contributed by atoms with E-state index in [0.717, 1.165) is 90.4 Å². The third-order valence-electron chi connectivity index (χ3n) is 17.9. The molecule has 6 heterocycles. The Kier molecular flexibility index (Phi) is 12.3. The van der Waals surface area contributed by atoms with E-state index < -0.39 is 0 Å². The molecule has 12 heteroatoms. The number of nitrogens with zero attached hydrogens (tertiary/aromatic N) is 8. The highest BCUT2D eigenvalue weighted by Gasteiger charge is 2.46. The predicted molar refractivity (Wildman–Crippen MR) is 377 cm³/mol. The van der Waals surface area contributed by atoms with Crippen LogP contribution >= 0.6 is 0 Å². The van der Waals surface area contributed by atoms with Crippen LogP contribution in [0.3, 0.4) is 0 Å². The minimum atomic E-state index is 0.519. The van der Waals surface area contributed by atoms with Crippen molar-refractivity contribution in [3.63, 3.8) is 0 Å². The monoisotopic (exact) mass is 1220 g/mol. The van der Waals surface area contributed by atoms with Gasteiger partial charge < -0.3 is 28.7 Å². The molecule has 0 radical (unpaired) electrons. The van der Waals surface area contributed by atoms with E-state index in [4.69, 9.17) is 33.9 Å². The molecule has 0 fully saturated rings. The summed E-state index contributed by atoms with van der Waals surface area (Å²) < 4.78 is 30.8. The molecular formula is C83H52N8O4. The van der Waals surface area contributed by atoms with Crippen molar-refractivity contribution in [2.24, 2.45) is 0 Å². The topological polar surface area (TPSA) is 93.5 Å². The minimum Gasteiger partial charge on any atom is -0.453 e. The Morgan fingerprint density at radius 3 is 0.947 bits per heavy atom. The van der Waals surface area contributed by atoms with Crippen molar-refractivity contribution >= 4 is 79.3 Å². The van der Waals surface area contributed by atoms with Crippen LogP contribution in [0.4, 0.5) is 68.2 Å². The molecule has 0 aliphatic carbocycles. The summed E-state index contributed by atoms with van der Waals surface area (Å²) in [6.45, 7) is 0. The van der Waals surface area contributed by atoms with Gasteiger partial charge in [0, 0.05) is 22.4 Å². The molecule has 4 aliphatic heterocycles. The molecule has 95 heavy (non-hydrogen) atoms. The van der Waals surface area contributed by atoms with Crippen molar-refractivity contribution in [3.8, 4) is 97.0 Å². The number of para-hydroxylation sites is 19. The second-order valence-corrected chi connectivity index (χ2v) is 23.4. The Morgan fingerprint density at radius 1 is 0.242 bits per heavy atom. The van der Waals surface area contributed by atoms with Crippen molar-refractivity contribution in [2.75, 3.05) is 19.6 Å². The number of anilines is 12. The number of imidazole rings is 1. The van der Waals surface area contributed by atoms with Gasteiger partial charge in [0.1, 0.15) is 5.82 Å². The van der Waals surface area contributed by atoms with E-state index in [1.165, 1.54) is 0 Å². The first-order chi connectivity index (χ1) is 47.2. The van der Waals surface area contributed by atoms with Crippen LogP contribution in [-0.4, -0.2) is 19.5 Å². The van der Waals surface area contributed by atoms with Crippen LogP contribution in [0.1, 0.15) is 0 Å². The van der Waals surface area contributed by atoms with Gasteiger partial charge in [-0.15, -0.1) is 0 Å². The summed E-state index contributed by atoms with van der Waals surface area (Å²) in [5.41, 5.74) is 16.1. The molecule has 0 spiro atoms. The molecule has 0 saturated carbocycles. The summed E-state index contributed by atoms with van der Waals surface area (Å²) in [7, 11) is 0. The van der Waals surface area contributed by atoms with Crippen LogP contribution in [-0.2, 0) is 0 Å². The highest BCUT2D eigenvalue weighted by molar-refractivity contribution is 6.21. The molecule has 4 aliphatic rings. The lowest BCUT2D eigenvalue weighted by Crippen LogP contribution is -2.28. The fourth-order valence-corrected chi connectivity index (χ4v) is 13.9. The standard InChI is InChI=1S/C83H52N8O4/c1-4-28-53(29-5-1)57-52-58(85-82(84-57)54-30-6-2-7-31-54)76-77(83-86-56-34-10-11-35-59(56)87(83)55-32-8-3-9-33-55)79(89-62-38-14-22-46-70(62)93-71-47-23-15-39-63(71)89)81(91-66-42-18-26-50-74(66)95-75-51-27-19-43-67(75)91)80(90-64-40-16-24-48-72(64)94-73-49-25-17-41-65(73)90)78(76)88-60-36-12-20-44-68(60)92-69-45-21-13-37-61(69)88/h1-52H. The van der Waals surface area contributed by atoms with Crippen LogP contribution in [0.5, 0.6) is 46.0 Å². The summed E-state index contributed by atoms with van der Waals surface area (Å²) in [6, 6.07) is 108. The lowest BCUT2D eigenvalue weighted by molar-refractivity contribution is 0.475. The smallest absolute Gasteiger partial charge is 0.160 e. The first kappa shape index (κ1) is 53.6. The number of rotatable bonds is 9. The van der Waals surface area contributed by atoms with Gasteiger partial charge in [0.25, 0.3) is 0 Å². The van der Waals surface area contributed by atoms with Gasteiger partial charge >= 0.3 is 0 Å². The molecule has 0 atom stereocenters. The maximum absolute atomic E-state index is 7.13. The van der Waals surface area contributed by atoms with E-state index in [-0.39, 0.29) is 0 Å². The second-order valence-electron chi connectivity index (χ2n) is 23.4. The number of benzene rings is 13. The number of hydrogen-bond acceptors (Lipinski definition) is 11. The Hall–Kier alpha value is -13.2. The van der Waals surface area contributed by atoms with Crippen molar-refractivity contribution in [1.82, 2.24) is 19.5 Å². The van der Waals surface area contributed by atoms with Crippen LogP contribution in [0.2, 0.25) is 0 Å². The van der Waals surface area contributed by atoms with Crippen molar-refractivity contribution in [1.29, 1.82) is 0 Å². The van der Waals surface area contributed by atoms with E-state index >= 15 is 0 Å². The minimum absolute atomic E-state index is 0.519. The van der Waals surface area contributed by atoms with Crippen LogP contribution in [0.25, 0.3) is 62.0 Å². The van der Waals surface area contributed by atoms with Gasteiger partial charge in [0.2, 0.25) is 0 Å². The number of ether oxygens (including phenoxy) is 4. The van der Waals surface area contributed by atoms with Gasteiger partial charge in [0.15, 0.2) is 51.8 Å². The molecule has 13 aromatic carbocycles. The van der Waals surface area contributed by atoms with E-state index in [2.05, 4.69) is 218 Å². The Morgan fingerprint density at radius 2 is 0.547 bits per heavy atom. The van der Waals surface area contributed by atoms with E-state index in [0.29, 0.717) is 85.8 Å². The second kappa shape index (κ2) is 21.8. The summed E-state index contributed by atoms with van der Waals surface area (Å²) in [5, 5.41) is 0. The Bertz CT molecular complexity index is 5330. The zero-order valence-corrected chi connectivity index (χ0v) is 50.7. The third kappa shape index (κ3) is 8.58. The molecule has 0 bridgehead atoms. The van der Waals surface area contributed by atoms with E-state index in [9.17, 15) is 0 Å². The van der Waals surface area contributed by atoms with Crippen molar-refractivity contribution < 1.29 is 18.9 Å². The van der Waals surface area contributed by atoms with Crippen molar-refractivity contribution in [3.05, 3.63) is 315 Å². The quantitative estimate of drug-likeness (QED) is 0.138. The lowest BCUT2D eigenvalue weighted by atomic mass is 9.89. The SMILES string of the molecule is c1ccc(-c2cc(-c3c(-c4nc5ccccc5n4-c4ccccc4)c(N4c5ccccc5Oc5ccccc54)c(N4c5ccccc5Oc5ccccc54)c(N4c5ccccc5Oc5ccccc54)c3N3c4ccccc4Oc4ccccc43)nc(-c3ccccc3)n2)cc1. The molecule has 0 unspecified atom stereocenters. The predicted octanol–water partition coefficient (Wildman–Crippen LogP) is 22.8. The normalized spacial score (nSPS) is 12.9. The van der Waals surface area contributed by atoms with Crippen LogP contribution < -0.4 is 38.5 Å². The third-order valence-corrected chi connectivity index (χ3v) is 17.9. The molecule has 2 aromatic heterocycles. The lowest BCUT2D eigenvalue weighted by Gasteiger charge is -2.46. The maximum atomic E-state index is 7.13. The largest absolute Gasteiger partial charge is 0.453 e. The Labute approximate surface area is 546 Å². The van der Waals surface area contributed by atoms with Gasteiger partial charge in [-0.1, -0.05) is 188 Å². The van der Waals surface area contributed by atoms with Gasteiger partial charge in [0.05, 0.1) is 96.2 Å². The molecule has 15 aromatic rings. The first-order valence-corrected chi connectivity index (χ1v) is 31.6. The average Bonchev–Trinajstić information content (AvgIpc) is 1.14. The fourth-order valence-electron chi connectivity index (χ4n) is 13.9. The van der Waals surface area contributed by atoms with Gasteiger partial charge in [-0.3, -0.25) is 14.4 Å². The molecule has 0 saturated heterocycles. The number of hydrogen-bond donors (Lipinski definition) is 0. The summed E-state index contributed by atoms with van der Waals surface area (Å²) in [5.74, 6) is 6.31. The van der Waals surface area contributed by atoms with E-state index in [1.807, 2.05) is 121 Å². The van der Waals surface area contributed by atoms with Crippen molar-refractivity contribution in [2.45, 2.75) is 0 Å². The Balaban J connectivity index is 1.16. The fraction of sp³-hybridized carbons (Fsp3) is 0. The maximum Gasteiger partial charge on any atom is 0.160 e. The zero-order chi connectivity index (χ0) is 62.5. The highest BCUT2D eigenvalue weighted by Crippen LogP contribution is 2.70. The van der Waals surface area contributed by atoms with Gasteiger partial charge in [-0.25, -0.2) is 15.0 Å². The van der Waals surface area contributed by atoms with Crippen LogP contribution in [0, 0.1) is 0 Å². The molecular weight excluding hydrogens is 1170 g/mol. The number of aromatic nitrogens is 4. The molecule has 12 nitrogen and oxygen atoms in total. The van der Waals surface area contributed by atoms with Gasteiger partial charge in [-0.05, 0) is 127 Å². The van der Waals surface area contributed by atoms with Gasteiger partial charge in [-0.2, -0.15) is 0 Å². The summed E-state index contributed by atoms with van der Waals surface area (Å²) in [4.78, 5) is 27.3. The highest BCUT2D eigenvalue weighted by atomic mass is 16.5. The molecule has 0 N–H and O–H groups in total. The molecule has 19 rings (SSSR count). The number of fused-ring (bicyclic) bond motifs is 9. The average molecular weight is 1230 g/mol. The molecule has 448 valence electrons. The molecule has 0 amide bonds.